The number of benzene rings is 2. The molecule has 0 saturated heterocycles. The number of nitrogens with two attached hydrogens (primary N) is 1. The van der Waals surface area contributed by atoms with E-state index in [4.69, 9.17) is 25.0 Å². The third kappa shape index (κ3) is 8.39. The molecular formula is C19H26NO7P. The summed E-state index contributed by atoms with van der Waals surface area (Å²) in [5.74, 6) is 1.49. The van der Waals surface area contributed by atoms with Gasteiger partial charge >= 0.3 is 7.82 Å². The van der Waals surface area contributed by atoms with Crippen molar-refractivity contribution in [3.05, 3.63) is 60.2 Å². The monoisotopic (exact) mass is 411 g/mol. The molecule has 154 valence electrons. The summed E-state index contributed by atoms with van der Waals surface area (Å²) in [5.41, 5.74) is 5.67. The fourth-order valence-corrected chi connectivity index (χ4v) is 2.82. The highest BCUT2D eigenvalue weighted by molar-refractivity contribution is 7.46. The first-order valence-electron chi connectivity index (χ1n) is 8.79. The molecule has 0 unspecified atom stereocenters. The summed E-state index contributed by atoms with van der Waals surface area (Å²) in [6.45, 7) is -0.0477. The molecule has 2 aromatic rings. The molecule has 9 heteroatoms. The van der Waals surface area contributed by atoms with Crippen LogP contribution in [0.2, 0.25) is 0 Å². The van der Waals surface area contributed by atoms with E-state index in [-0.39, 0.29) is 0 Å². The Kier molecular flexibility index (Phi) is 8.44. The van der Waals surface area contributed by atoms with Crippen molar-refractivity contribution >= 4 is 7.82 Å². The molecule has 0 saturated carbocycles. The maximum absolute atomic E-state index is 10.8. The number of phosphoric ester groups is 1. The lowest BCUT2D eigenvalue weighted by atomic mass is 9.94. The van der Waals surface area contributed by atoms with E-state index >= 15 is 0 Å². The van der Waals surface area contributed by atoms with Crippen molar-refractivity contribution < 1.29 is 33.5 Å². The Bertz CT molecular complexity index is 751. The normalized spacial score (nSPS) is 13.7. The molecule has 8 nitrogen and oxygen atoms in total. The van der Waals surface area contributed by atoms with Crippen molar-refractivity contribution in [2.45, 2.75) is 18.4 Å². The first-order chi connectivity index (χ1) is 13.3. The highest BCUT2D eigenvalue weighted by Crippen LogP contribution is 2.36. The van der Waals surface area contributed by atoms with Gasteiger partial charge in [0.25, 0.3) is 0 Å². The molecule has 0 aromatic heterocycles. The number of rotatable bonds is 12. The molecule has 0 spiro atoms. The molecule has 2 rings (SSSR count). The van der Waals surface area contributed by atoms with Gasteiger partial charge in [0, 0.05) is 0 Å². The van der Waals surface area contributed by atoms with Gasteiger partial charge in [0.05, 0.1) is 18.8 Å². The molecule has 0 bridgehead atoms. The number of aryl methyl sites for hydroxylation is 1. The zero-order chi connectivity index (χ0) is 20.5. The van der Waals surface area contributed by atoms with Gasteiger partial charge in [0.1, 0.15) is 24.7 Å². The number of hydrogen-bond acceptors (Lipinski definition) is 6. The molecule has 28 heavy (non-hydrogen) atoms. The summed E-state index contributed by atoms with van der Waals surface area (Å²) in [5, 5.41) is 9.42. The molecule has 0 radical (unpaired) electrons. The zero-order valence-corrected chi connectivity index (χ0v) is 16.3. The van der Waals surface area contributed by atoms with Gasteiger partial charge in [-0.2, -0.15) is 0 Å². The first kappa shape index (κ1) is 22.4. The molecule has 1 atom stereocenters. The van der Waals surface area contributed by atoms with Crippen LogP contribution in [0.3, 0.4) is 0 Å². The second-order valence-corrected chi connectivity index (χ2v) is 7.68. The minimum absolute atomic E-state index is 0.300. The summed E-state index contributed by atoms with van der Waals surface area (Å²) in [6, 6.07) is 16.9. The van der Waals surface area contributed by atoms with Crippen LogP contribution in [0.15, 0.2) is 54.6 Å². The van der Waals surface area contributed by atoms with Crippen LogP contribution < -0.4 is 15.2 Å². The van der Waals surface area contributed by atoms with Gasteiger partial charge in [0.15, 0.2) is 0 Å². The molecule has 0 heterocycles. The molecule has 0 aliphatic carbocycles. The van der Waals surface area contributed by atoms with E-state index in [1.807, 2.05) is 54.6 Å². The van der Waals surface area contributed by atoms with Gasteiger partial charge in [-0.25, -0.2) is 4.57 Å². The average Bonchev–Trinajstić information content (AvgIpc) is 2.69. The molecule has 0 aliphatic heterocycles. The summed E-state index contributed by atoms with van der Waals surface area (Å²) >= 11 is 0. The van der Waals surface area contributed by atoms with Gasteiger partial charge in [-0.15, -0.1) is 0 Å². The zero-order valence-electron chi connectivity index (χ0n) is 15.4. The second-order valence-electron chi connectivity index (χ2n) is 6.44. The van der Waals surface area contributed by atoms with Crippen LogP contribution in [0, 0.1) is 0 Å². The highest BCUT2D eigenvalue weighted by atomic mass is 31.2. The fourth-order valence-electron chi connectivity index (χ4n) is 2.39. The van der Waals surface area contributed by atoms with Crippen LogP contribution in [0.5, 0.6) is 11.5 Å². The number of aliphatic hydroxyl groups excluding tert-OH is 1. The average molecular weight is 411 g/mol. The van der Waals surface area contributed by atoms with Crippen molar-refractivity contribution in [1.29, 1.82) is 0 Å². The van der Waals surface area contributed by atoms with Crippen molar-refractivity contribution in [2.75, 3.05) is 26.4 Å². The third-order valence-corrected chi connectivity index (χ3v) is 4.50. The van der Waals surface area contributed by atoms with E-state index < -0.39 is 26.6 Å². The van der Waals surface area contributed by atoms with Crippen molar-refractivity contribution in [1.82, 2.24) is 0 Å². The summed E-state index contributed by atoms with van der Waals surface area (Å²) in [6.07, 6.45) is 0.813. The number of phosphoric acid groups is 1. The van der Waals surface area contributed by atoms with E-state index in [9.17, 15) is 9.67 Å². The Morgan fingerprint density at radius 1 is 0.929 bits per heavy atom. The van der Waals surface area contributed by atoms with E-state index in [1.165, 1.54) is 0 Å². The quantitative estimate of drug-likeness (QED) is 0.308. The molecule has 0 aliphatic rings. The Hall–Kier alpha value is -1.93. The molecule has 2 aromatic carbocycles. The predicted molar refractivity (Wildman–Crippen MR) is 104 cm³/mol. The summed E-state index contributed by atoms with van der Waals surface area (Å²) in [4.78, 5) is 17.5. The first-order valence-corrected chi connectivity index (χ1v) is 10.3. The van der Waals surface area contributed by atoms with Gasteiger partial charge < -0.3 is 30.1 Å². The smallest absolute Gasteiger partial charge is 0.469 e. The standard InChI is InChI=1S/C19H26NO7P/c20-19(14-21,15-27-28(22,23)24)11-10-16-6-8-18(9-7-16)26-13-12-25-17-4-2-1-3-5-17/h1-9,21H,10-15,20H2,(H2,22,23,24)/t19-/m0/s1. The Balaban J connectivity index is 1.74. The minimum Gasteiger partial charge on any atom is -0.490 e. The molecule has 0 amide bonds. The molecule has 5 N–H and O–H groups in total. The molecule has 0 fully saturated rings. The second kappa shape index (κ2) is 10.6. The number of hydrogen-bond donors (Lipinski definition) is 4. The third-order valence-electron chi connectivity index (χ3n) is 4.03. The Labute approximate surface area is 164 Å². The highest BCUT2D eigenvalue weighted by Gasteiger charge is 2.28. The van der Waals surface area contributed by atoms with Crippen LogP contribution >= 0.6 is 7.82 Å². The minimum atomic E-state index is -4.63. The van der Waals surface area contributed by atoms with Gasteiger partial charge in [-0.1, -0.05) is 30.3 Å². The fraction of sp³-hybridized carbons (Fsp3) is 0.368. The Morgan fingerprint density at radius 3 is 2.04 bits per heavy atom. The topological polar surface area (TPSA) is 131 Å². The van der Waals surface area contributed by atoms with Crippen molar-refractivity contribution in [2.24, 2.45) is 5.73 Å². The summed E-state index contributed by atoms with van der Waals surface area (Å²) < 4.78 is 26.4. The van der Waals surface area contributed by atoms with Crippen molar-refractivity contribution in [3.8, 4) is 11.5 Å². The van der Waals surface area contributed by atoms with Gasteiger partial charge in [-0.05, 0) is 42.7 Å². The largest absolute Gasteiger partial charge is 0.490 e. The van der Waals surface area contributed by atoms with Crippen LogP contribution in [0.4, 0.5) is 0 Å². The van der Waals surface area contributed by atoms with Crippen LogP contribution in [0.1, 0.15) is 12.0 Å². The van der Waals surface area contributed by atoms with Crippen LogP contribution in [-0.4, -0.2) is 46.9 Å². The maximum atomic E-state index is 10.8. The van der Waals surface area contributed by atoms with Crippen molar-refractivity contribution in [3.63, 3.8) is 0 Å². The SMILES string of the molecule is N[C@](CO)(CCc1ccc(OCCOc2ccccc2)cc1)COP(=O)(O)O. The number of para-hydroxylation sites is 1. The lowest BCUT2D eigenvalue weighted by Crippen LogP contribution is -2.48. The predicted octanol–water partition coefficient (Wildman–Crippen LogP) is 1.88. The molecular weight excluding hydrogens is 385 g/mol. The van der Waals surface area contributed by atoms with Crippen LogP contribution in [0.25, 0.3) is 0 Å². The Morgan fingerprint density at radius 2 is 1.50 bits per heavy atom. The van der Waals surface area contributed by atoms with E-state index in [2.05, 4.69) is 4.52 Å². The maximum Gasteiger partial charge on any atom is 0.469 e. The lowest BCUT2D eigenvalue weighted by Gasteiger charge is -2.27. The summed E-state index contributed by atoms with van der Waals surface area (Å²) in [7, 11) is -4.63. The van der Waals surface area contributed by atoms with E-state index in [0.717, 1.165) is 11.3 Å². The van der Waals surface area contributed by atoms with Crippen LogP contribution in [-0.2, 0) is 15.5 Å². The lowest BCUT2D eigenvalue weighted by molar-refractivity contribution is 0.102. The van der Waals surface area contributed by atoms with Gasteiger partial charge in [-0.3, -0.25) is 4.52 Å². The van der Waals surface area contributed by atoms with E-state index in [0.29, 0.717) is 31.8 Å². The van der Waals surface area contributed by atoms with E-state index in [1.54, 1.807) is 0 Å². The number of ether oxygens (including phenoxy) is 2. The van der Waals surface area contributed by atoms with Gasteiger partial charge in [0.2, 0.25) is 0 Å². The number of aliphatic hydroxyl groups is 1.